The Morgan fingerprint density at radius 3 is 2.58 bits per heavy atom. The largest absolute Gasteiger partial charge is 0.383 e. The number of nitrogens with two attached hydrogens (primary N) is 1. The summed E-state index contributed by atoms with van der Waals surface area (Å²) in [5.74, 6) is 4.87. The lowest BCUT2D eigenvalue weighted by molar-refractivity contribution is 0.148. The van der Waals surface area contributed by atoms with Crippen LogP contribution in [-0.2, 0) is 4.84 Å². The Labute approximate surface area is 80.0 Å². The molecule has 0 unspecified atom stereocenters. The molecule has 0 amide bonds. The van der Waals surface area contributed by atoms with Gasteiger partial charge in [0, 0.05) is 16.7 Å². The second-order valence-corrected chi connectivity index (χ2v) is 3.22. The Bertz CT molecular complexity index is 225. The van der Waals surface area contributed by atoms with Crippen LogP contribution in [0.25, 0.3) is 0 Å². The fourth-order valence-corrected chi connectivity index (χ4v) is 1.09. The minimum Gasteiger partial charge on any atom is -0.383 e. The van der Waals surface area contributed by atoms with E-state index in [4.69, 9.17) is 5.90 Å². The van der Waals surface area contributed by atoms with Crippen LogP contribution in [0.15, 0.2) is 28.7 Å². The molecule has 0 saturated carbocycles. The SMILES string of the molecule is NOCCNc1ccc(Br)cc1. The molecule has 0 aromatic heterocycles. The molecular formula is C8H11BrN2O. The number of halogens is 1. The maximum atomic E-state index is 4.87. The van der Waals surface area contributed by atoms with Crippen LogP contribution in [0.3, 0.4) is 0 Å². The lowest BCUT2D eigenvalue weighted by Crippen LogP contribution is -2.12. The molecule has 0 aliphatic heterocycles. The van der Waals surface area contributed by atoms with Gasteiger partial charge in [-0.05, 0) is 24.3 Å². The van der Waals surface area contributed by atoms with Crippen LogP contribution in [0, 0.1) is 0 Å². The highest BCUT2D eigenvalue weighted by Gasteiger charge is 1.90. The zero-order valence-electron chi connectivity index (χ0n) is 6.59. The van der Waals surface area contributed by atoms with E-state index in [0.29, 0.717) is 6.61 Å². The standard InChI is InChI=1S/C8H11BrN2O/c9-7-1-3-8(4-2-7)11-5-6-12-10/h1-4,11H,5-6,10H2. The van der Waals surface area contributed by atoms with Crippen molar-refractivity contribution in [2.24, 2.45) is 5.90 Å². The highest BCUT2D eigenvalue weighted by molar-refractivity contribution is 9.10. The van der Waals surface area contributed by atoms with Crippen molar-refractivity contribution in [1.29, 1.82) is 0 Å². The van der Waals surface area contributed by atoms with Crippen LogP contribution in [-0.4, -0.2) is 13.2 Å². The molecule has 0 fully saturated rings. The molecule has 4 heteroatoms. The van der Waals surface area contributed by atoms with Crippen LogP contribution in [0.1, 0.15) is 0 Å². The molecule has 3 nitrogen and oxygen atoms in total. The van der Waals surface area contributed by atoms with Gasteiger partial charge in [-0.2, -0.15) is 0 Å². The van der Waals surface area contributed by atoms with Crippen molar-refractivity contribution in [3.05, 3.63) is 28.7 Å². The van der Waals surface area contributed by atoms with Gasteiger partial charge in [0.1, 0.15) is 0 Å². The van der Waals surface area contributed by atoms with E-state index >= 15 is 0 Å². The monoisotopic (exact) mass is 230 g/mol. The molecule has 0 heterocycles. The number of nitrogens with one attached hydrogen (secondary N) is 1. The number of rotatable bonds is 4. The molecule has 0 spiro atoms. The van der Waals surface area contributed by atoms with E-state index in [2.05, 4.69) is 26.1 Å². The van der Waals surface area contributed by atoms with E-state index < -0.39 is 0 Å². The molecule has 0 saturated heterocycles. The topological polar surface area (TPSA) is 47.3 Å². The summed E-state index contributed by atoms with van der Waals surface area (Å²) in [4.78, 5) is 4.42. The van der Waals surface area contributed by atoms with E-state index in [-0.39, 0.29) is 0 Å². The quantitative estimate of drug-likeness (QED) is 0.613. The van der Waals surface area contributed by atoms with Gasteiger partial charge in [0.2, 0.25) is 0 Å². The molecule has 0 aliphatic rings. The van der Waals surface area contributed by atoms with E-state index in [1.807, 2.05) is 24.3 Å². The summed E-state index contributed by atoms with van der Waals surface area (Å²) in [5.41, 5.74) is 1.07. The zero-order chi connectivity index (χ0) is 8.81. The van der Waals surface area contributed by atoms with Gasteiger partial charge < -0.3 is 10.2 Å². The van der Waals surface area contributed by atoms with Crippen LogP contribution in [0.4, 0.5) is 5.69 Å². The zero-order valence-corrected chi connectivity index (χ0v) is 8.17. The Morgan fingerprint density at radius 2 is 2.00 bits per heavy atom. The van der Waals surface area contributed by atoms with E-state index in [1.165, 1.54) is 0 Å². The summed E-state index contributed by atoms with van der Waals surface area (Å²) in [5, 5.41) is 3.15. The maximum absolute atomic E-state index is 4.87. The number of hydrogen-bond donors (Lipinski definition) is 2. The van der Waals surface area contributed by atoms with Crippen molar-refractivity contribution in [2.75, 3.05) is 18.5 Å². The van der Waals surface area contributed by atoms with Gasteiger partial charge in [0.15, 0.2) is 0 Å². The van der Waals surface area contributed by atoms with E-state index in [1.54, 1.807) is 0 Å². The van der Waals surface area contributed by atoms with Crippen molar-refractivity contribution in [1.82, 2.24) is 0 Å². The molecule has 3 N–H and O–H groups in total. The molecule has 0 atom stereocenters. The van der Waals surface area contributed by atoms with Crippen molar-refractivity contribution in [3.63, 3.8) is 0 Å². The highest BCUT2D eigenvalue weighted by Crippen LogP contribution is 2.13. The first-order chi connectivity index (χ1) is 5.83. The molecule has 0 bridgehead atoms. The predicted molar refractivity (Wildman–Crippen MR) is 52.8 cm³/mol. The number of benzene rings is 1. The first-order valence-electron chi connectivity index (χ1n) is 3.64. The van der Waals surface area contributed by atoms with E-state index in [9.17, 15) is 0 Å². The number of anilines is 1. The van der Waals surface area contributed by atoms with Crippen LogP contribution < -0.4 is 11.2 Å². The minimum atomic E-state index is 0.510. The van der Waals surface area contributed by atoms with Gasteiger partial charge in [-0.15, -0.1) is 0 Å². The van der Waals surface area contributed by atoms with Crippen molar-refractivity contribution in [3.8, 4) is 0 Å². The van der Waals surface area contributed by atoms with Gasteiger partial charge >= 0.3 is 0 Å². The molecule has 1 aromatic rings. The highest BCUT2D eigenvalue weighted by atomic mass is 79.9. The summed E-state index contributed by atoms with van der Waals surface area (Å²) in [6.45, 7) is 1.23. The van der Waals surface area contributed by atoms with Crippen molar-refractivity contribution >= 4 is 21.6 Å². The minimum absolute atomic E-state index is 0.510. The van der Waals surface area contributed by atoms with Gasteiger partial charge in [-0.25, -0.2) is 5.90 Å². The molecular weight excluding hydrogens is 220 g/mol. The maximum Gasteiger partial charge on any atom is 0.0851 e. The Kier molecular flexibility index (Phi) is 4.07. The normalized spacial score (nSPS) is 9.83. The van der Waals surface area contributed by atoms with E-state index in [0.717, 1.165) is 16.7 Å². The van der Waals surface area contributed by atoms with Gasteiger partial charge in [-0.1, -0.05) is 15.9 Å². The summed E-state index contributed by atoms with van der Waals surface area (Å²) in [6, 6.07) is 7.93. The molecule has 1 aromatic carbocycles. The average molecular weight is 231 g/mol. The van der Waals surface area contributed by atoms with Gasteiger partial charge in [0.05, 0.1) is 6.61 Å². The lowest BCUT2D eigenvalue weighted by Gasteiger charge is -2.04. The molecule has 12 heavy (non-hydrogen) atoms. The third-order valence-electron chi connectivity index (χ3n) is 1.39. The first-order valence-corrected chi connectivity index (χ1v) is 4.43. The fraction of sp³-hybridized carbons (Fsp3) is 0.250. The summed E-state index contributed by atoms with van der Waals surface area (Å²) in [7, 11) is 0. The van der Waals surface area contributed by atoms with Crippen LogP contribution in [0.5, 0.6) is 0 Å². The smallest absolute Gasteiger partial charge is 0.0851 e. The van der Waals surface area contributed by atoms with Crippen LogP contribution >= 0.6 is 15.9 Å². The van der Waals surface area contributed by atoms with Crippen molar-refractivity contribution in [2.45, 2.75) is 0 Å². The number of hydrogen-bond acceptors (Lipinski definition) is 3. The third-order valence-corrected chi connectivity index (χ3v) is 1.92. The third kappa shape index (κ3) is 3.21. The molecule has 0 aliphatic carbocycles. The Hall–Kier alpha value is -0.580. The van der Waals surface area contributed by atoms with Crippen molar-refractivity contribution < 1.29 is 4.84 Å². The summed E-state index contributed by atoms with van der Waals surface area (Å²) >= 11 is 3.35. The molecule has 0 radical (unpaired) electrons. The average Bonchev–Trinajstić information content (AvgIpc) is 2.09. The molecule has 1 rings (SSSR count). The Balaban J connectivity index is 2.37. The fourth-order valence-electron chi connectivity index (χ4n) is 0.822. The predicted octanol–water partition coefficient (Wildman–Crippen LogP) is 1.75. The van der Waals surface area contributed by atoms with Gasteiger partial charge in [0.25, 0.3) is 0 Å². The lowest BCUT2D eigenvalue weighted by atomic mass is 10.3. The Morgan fingerprint density at radius 1 is 1.33 bits per heavy atom. The van der Waals surface area contributed by atoms with Gasteiger partial charge in [-0.3, -0.25) is 0 Å². The summed E-state index contributed by atoms with van der Waals surface area (Å²) in [6.07, 6.45) is 0. The second-order valence-electron chi connectivity index (χ2n) is 2.30. The summed E-state index contributed by atoms with van der Waals surface area (Å²) < 4.78 is 1.07. The second kappa shape index (κ2) is 5.13. The molecule has 66 valence electrons. The van der Waals surface area contributed by atoms with Crippen LogP contribution in [0.2, 0.25) is 0 Å². The first kappa shape index (κ1) is 9.51.